The molecule has 5 rings (SSSR count). The Hall–Kier alpha value is -2.42. The molecular weight excluding hydrogens is 501 g/mol. The maximum atomic E-state index is 14.2. The molecule has 3 aromatic rings. The first-order valence-corrected chi connectivity index (χ1v) is 14.8. The zero-order valence-electron chi connectivity index (χ0n) is 20.3. The molecule has 0 unspecified atom stereocenters. The zero-order valence-corrected chi connectivity index (χ0v) is 21.9. The van der Waals surface area contributed by atoms with Crippen LogP contribution in [0.2, 0.25) is 5.02 Å². The van der Waals surface area contributed by atoms with Gasteiger partial charge in [-0.3, -0.25) is 4.98 Å². The fourth-order valence-corrected chi connectivity index (χ4v) is 6.53. The molecule has 2 aromatic carbocycles. The van der Waals surface area contributed by atoms with Crippen LogP contribution in [0.1, 0.15) is 38.5 Å². The summed E-state index contributed by atoms with van der Waals surface area (Å²) in [5, 5.41) is 13.8. The first-order chi connectivity index (χ1) is 17.2. The van der Waals surface area contributed by atoms with Gasteiger partial charge in [0.05, 0.1) is 16.2 Å². The van der Waals surface area contributed by atoms with Gasteiger partial charge in [0, 0.05) is 30.4 Å². The minimum absolute atomic E-state index is 0.0860. The van der Waals surface area contributed by atoms with E-state index >= 15 is 0 Å². The van der Waals surface area contributed by atoms with Crippen LogP contribution in [-0.4, -0.2) is 55.3 Å². The van der Waals surface area contributed by atoms with E-state index in [2.05, 4.69) is 15.2 Å². The Morgan fingerprint density at radius 3 is 2.50 bits per heavy atom. The predicted octanol–water partition coefficient (Wildman–Crippen LogP) is 5.87. The second kappa shape index (κ2) is 10.1. The van der Waals surface area contributed by atoms with E-state index in [-0.39, 0.29) is 16.0 Å². The quantitative estimate of drug-likeness (QED) is 0.414. The number of hydrogen-bond acceptors (Lipinski definition) is 6. The van der Waals surface area contributed by atoms with Gasteiger partial charge in [0.15, 0.2) is 21.4 Å². The average Bonchev–Trinajstić information content (AvgIpc) is 3.35. The molecule has 2 heterocycles. The molecule has 192 valence electrons. The monoisotopic (exact) mass is 531 g/mol. The Bertz CT molecular complexity index is 1360. The van der Waals surface area contributed by atoms with Crippen molar-refractivity contribution >= 4 is 38.0 Å². The van der Waals surface area contributed by atoms with Crippen LogP contribution in [0.4, 0.5) is 10.1 Å². The second-order valence-corrected chi connectivity index (χ2v) is 12.6. The van der Waals surface area contributed by atoms with Crippen LogP contribution in [0.5, 0.6) is 5.75 Å². The molecule has 2 fully saturated rings. The van der Waals surface area contributed by atoms with Crippen molar-refractivity contribution in [3.8, 4) is 16.9 Å². The lowest BCUT2D eigenvalue weighted by Gasteiger charge is -2.32. The fraction of sp³-hybridized carbons (Fsp3) is 0.444. The number of nitrogens with one attached hydrogen (secondary N) is 1. The lowest BCUT2D eigenvalue weighted by atomic mass is 9.85. The zero-order chi connectivity index (χ0) is 25.4. The van der Waals surface area contributed by atoms with Crippen LogP contribution < -0.4 is 5.32 Å². The van der Waals surface area contributed by atoms with Gasteiger partial charge in [0.25, 0.3) is 0 Å². The van der Waals surface area contributed by atoms with E-state index in [1.54, 1.807) is 18.2 Å². The van der Waals surface area contributed by atoms with Gasteiger partial charge in [-0.25, -0.2) is 12.8 Å². The summed E-state index contributed by atoms with van der Waals surface area (Å²) in [5.74, 6) is -0.722. The Morgan fingerprint density at radius 1 is 1.11 bits per heavy atom. The van der Waals surface area contributed by atoms with Crippen molar-refractivity contribution < 1.29 is 17.9 Å². The van der Waals surface area contributed by atoms with Crippen LogP contribution in [0.3, 0.4) is 0 Å². The van der Waals surface area contributed by atoms with Crippen LogP contribution in [0.25, 0.3) is 22.0 Å². The first kappa shape index (κ1) is 25.2. The number of anilines is 1. The van der Waals surface area contributed by atoms with Crippen molar-refractivity contribution in [3.05, 3.63) is 47.4 Å². The summed E-state index contributed by atoms with van der Waals surface area (Å²) in [5.41, 5.74) is 2.31. The van der Waals surface area contributed by atoms with Crippen molar-refractivity contribution in [1.82, 2.24) is 9.88 Å². The van der Waals surface area contributed by atoms with E-state index in [1.165, 1.54) is 50.5 Å². The molecule has 36 heavy (non-hydrogen) atoms. The third kappa shape index (κ3) is 5.31. The molecule has 2 aliphatic rings. The fourth-order valence-electron chi connectivity index (χ4n) is 5.54. The summed E-state index contributed by atoms with van der Waals surface area (Å²) in [4.78, 5) is 7.11. The highest BCUT2D eigenvalue weighted by Crippen LogP contribution is 2.37. The minimum atomic E-state index is -3.54. The van der Waals surface area contributed by atoms with E-state index in [4.69, 9.17) is 11.6 Å². The number of likely N-dealkylation sites (tertiary alicyclic amines) is 1. The summed E-state index contributed by atoms with van der Waals surface area (Å²) in [6.45, 7) is 3.57. The van der Waals surface area contributed by atoms with E-state index in [9.17, 15) is 17.9 Å². The Morgan fingerprint density at radius 2 is 1.83 bits per heavy atom. The molecule has 1 aliphatic heterocycles. The summed E-state index contributed by atoms with van der Waals surface area (Å²) in [7, 11) is -3.54. The summed E-state index contributed by atoms with van der Waals surface area (Å²) in [6, 6.07) is 8.24. The number of pyridine rings is 1. The highest BCUT2D eigenvalue weighted by Gasteiger charge is 2.26. The molecule has 0 bridgehead atoms. The van der Waals surface area contributed by atoms with Crippen LogP contribution in [-0.2, 0) is 9.84 Å². The molecule has 1 aliphatic carbocycles. The molecular formula is C27H31ClFN3O3S. The van der Waals surface area contributed by atoms with E-state index in [0.29, 0.717) is 33.6 Å². The SMILES string of the molecule is CS(=O)(=O)c1cnc2ccc(-c3cc(F)c(O)c(Cl)c3)cc2c1N[C@H]1CC[C@H](CN2CCCC2)CC1. The number of aromatic nitrogens is 1. The predicted molar refractivity (Wildman–Crippen MR) is 142 cm³/mol. The molecule has 1 saturated carbocycles. The number of hydrogen-bond donors (Lipinski definition) is 2. The number of nitrogens with zero attached hydrogens (tertiary/aromatic N) is 2. The molecule has 0 atom stereocenters. The lowest BCUT2D eigenvalue weighted by Crippen LogP contribution is -2.33. The third-order valence-corrected chi connectivity index (χ3v) is 8.89. The Kier molecular flexibility index (Phi) is 7.12. The Labute approximate surface area is 216 Å². The molecule has 1 aromatic heterocycles. The van der Waals surface area contributed by atoms with E-state index in [0.717, 1.165) is 32.2 Å². The van der Waals surface area contributed by atoms with Crippen molar-refractivity contribution in [2.45, 2.75) is 49.5 Å². The minimum Gasteiger partial charge on any atom is -0.504 e. The topological polar surface area (TPSA) is 82.5 Å². The number of phenols is 1. The van der Waals surface area contributed by atoms with Gasteiger partial charge >= 0.3 is 0 Å². The van der Waals surface area contributed by atoms with E-state index < -0.39 is 21.4 Å². The third-order valence-electron chi connectivity index (χ3n) is 7.49. The highest BCUT2D eigenvalue weighted by atomic mass is 35.5. The molecule has 1 saturated heterocycles. The van der Waals surface area contributed by atoms with Crippen LogP contribution >= 0.6 is 11.6 Å². The summed E-state index contributed by atoms with van der Waals surface area (Å²) < 4.78 is 39.5. The number of halogens is 2. The van der Waals surface area contributed by atoms with Crippen molar-refractivity contribution in [2.24, 2.45) is 5.92 Å². The molecule has 6 nitrogen and oxygen atoms in total. The number of fused-ring (bicyclic) bond motifs is 1. The molecule has 9 heteroatoms. The molecule has 2 N–H and O–H groups in total. The standard InChI is InChI=1S/C27H31ClFN3O3S/c1-36(34,35)25-15-30-24-9-6-18(19-13-22(28)27(33)23(29)14-19)12-21(24)26(25)31-20-7-4-17(5-8-20)16-32-10-2-3-11-32/h6,9,12-15,17,20,33H,2-5,7-8,10-11,16H2,1H3,(H,30,31)/t17-,20-. The molecule has 0 radical (unpaired) electrons. The number of sulfone groups is 1. The van der Waals surface area contributed by atoms with E-state index in [1.807, 2.05) is 0 Å². The smallest absolute Gasteiger partial charge is 0.179 e. The number of benzene rings is 2. The molecule has 0 spiro atoms. The maximum Gasteiger partial charge on any atom is 0.179 e. The van der Waals surface area contributed by atoms with Crippen LogP contribution in [0, 0.1) is 11.7 Å². The summed E-state index contributed by atoms with van der Waals surface area (Å²) >= 11 is 6.00. The van der Waals surface area contributed by atoms with Gasteiger partial charge in [-0.2, -0.15) is 0 Å². The second-order valence-electron chi connectivity index (χ2n) is 10.2. The average molecular weight is 532 g/mol. The van der Waals surface area contributed by atoms with Crippen molar-refractivity contribution in [2.75, 3.05) is 31.2 Å². The van der Waals surface area contributed by atoms with Gasteiger partial charge in [0.1, 0.15) is 4.90 Å². The number of phenolic OH excluding ortho intramolecular Hbond substituents is 1. The van der Waals surface area contributed by atoms with Crippen molar-refractivity contribution in [1.29, 1.82) is 0 Å². The van der Waals surface area contributed by atoms with Gasteiger partial charge in [-0.1, -0.05) is 17.7 Å². The lowest BCUT2D eigenvalue weighted by molar-refractivity contribution is 0.228. The van der Waals surface area contributed by atoms with Gasteiger partial charge in [-0.15, -0.1) is 0 Å². The first-order valence-electron chi connectivity index (χ1n) is 12.5. The maximum absolute atomic E-state index is 14.2. The number of rotatable bonds is 6. The van der Waals surface area contributed by atoms with Gasteiger partial charge in [0.2, 0.25) is 0 Å². The van der Waals surface area contributed by atoms with Gasteiger partial charge in [-0.05, 0) is 92.9 Å². The Balaban J connectivity index is 1.46. The summed E-state index contributed by atoms with van der Waals surface area (Å²) in [6.07, 6.45) is 9.37. The largest absolute Gasteiger partial charge is 0.504 e. The van der Waals surface area contributed by atoms with Crippen molar-refractivity contribution in [3.63, 3.8) is 0 Å². The molecule has 0 amide bonds. The van der Waals surface area contributed by atoms with Crippen LogP contribution in [0.15, 0.2) is 41.4 Å². The van der Waals surface area contributed by atoms with Gasteiger partial charge < -0.3 is 15.3 Å². The number of aromatic hydroxyl groups is 1. The normalized spacial score (nSPS) is 21.2. The highest BCUT2D eigenvalue weighted by molar-refractivity contribution is 7.90.